The maximum Gasteiger partial charge on any atom is 0.316 e. The maximum absolute atomic E-state index is 14.3. The molecule has 5 saturated carbocycles. The zero-order valence-electron chi connectivity index (χ0n) is 29.9. The number of ether oxygens (including phenoxy) is 5. The fourth-order valence-corrected chi connectivity index (χ4v) is 13.2. The molecule has 10 heteroatoms. The van der Waals surface area contributed by atoms with Crippen molar-refractivity contribution in [3.05, 3.63) is 0 Å². The predicted octanol–water partition coefficient (Wildman–Crippen LogP) is 5.72. The third kappa shape index (κ3) is 4.23. The fourth-order valence-electron chi connectivity index (χ4n) is 13.2. The first-order chi connectivity index (χ1) is 21.7. The van der Waals surface area contributed by atoms with Crippen LogP contribution in [-0.4, -0.2) is 60.9 Å². The van der Waals surface area contributed by atoms with E-state index in [0.29, 0.717) is 32.1 Å². The van der Waals surface area contributed by atoms with Crippen LogP contribution in [0.4, 0.5) is 0 Å². The normalized spacial score (nSPS) is 49.1. The Morgan fingerprint density at radius 3 is 1.94 bits per heavy atom. The van der Waals surface area contributed by atoms with E-state index in [1.807, 2.05) is 0 Å². The molecule has 0 radical (unpaired) electrons. The van der Waals surface area contributed by atoms with Crippen molar-refractivity contribution in [1.29, 1.82) is 0 Å². The highest BCUT2D eigenvalue weighted by molar-refractivity contribution is 5.83. The van der Waals surface area contributed by atoms with Crippen molar-refractivity contribution in [1.82, 2.24) is 0 Å². The monoisotopic (exact) mass is 658 g/mol. The molecule has 1 heterocycles. The number of fused-ring (bicyclic) bond motifs is 4. The Morgan fingerprint density at radius 1 is 0.723 bits per heavy atom. The van der Waals surface area contributed by atoms with E-state index in [9.17, 15) is 24.0 Å². The lowest BCUT2D eigenvalue weighted by Gasteiger charge is -2.74. The molecular formula is C37H54O10. The topological polar surface area (TPSA) is 132 Å². The van der Waals surface area contributed by atoms with Gasteiger partial charge in [0.25, 0.3) is 0 Å². The van der Waals surface area contributed by atoms with Crippen molar-refractivity contribution in [3.63, 3.8) is 0 Å². The summed E-state index contributed by atoms with van der Waals surface area (Å²) in [5.41, 5.74) is -4.35. The molecule has 47 heavy (non-hydrogen) atoms. The fraction of sp³-hybridized carbons (Fsp3) is 0.865. The van der Waals surface area contributed by atoms with Gasteiger partial charge in [-0.1, -0.05) is 34.6 Å². The molecule has 1 saturated heterocycles. The molecule has 10 nitrogen and oxygen atoms in total. The summed E-state index contributed by atoms with van der Waals surface area (Å²) in [7, 11) is 1.34. The van der Waals surface area contributed by atoms with E-state index in [0.717, 1.165) is 25.7 Å². The van der Waals surface area contributed by atoms with Gasteiger partial charge in [0.1, 0.15) is 28.6 Å². The standard InChI is InChI=1S/C37H54O10/c1-20(38)44-23-17-32(6)24-12-14-37-26-18-31(4,5)15-16-36(26,30(42)47-37)27(45-21(2)39)19-34(37,8)33(24,7)13-11-25(32)35(9,29(41)43-10)28(23)46-22(3)40/h23-28H,11-19H2,1-10H3/t23-,24+,25+,26+,27+,28-,32+,33+,34-,35-,36+,37-/m0/s1. The Morgan fingerprint density at radius 2 is 1.34 bits per heavy atom. The third-order valence-corrected chi connectivity index (χ3v) is 15.1. The molecule has 0 amide bonds. The SMILES string of the molecule is COC(=O)[C@@]1(C)[C@@H]2CC[C@]3(C)[C@H](CC[C@]45OC(=O)[C@@]6(CCC(C)(C)C[C@H]64)[C@H](OC(C)=O)C[C@]53C)[C@@]2(C)C[C@H](OC(C)=O)[C@@H]1OC(C)=O. The van der Waals surface area contributed by atoms with E-state index < -0.39 is 68.9 Å². The van der Waals surface area contributed by atoms with Gasteiger partial charge in [-0.3, -0.25) is 24.0 Å². The summed E-state index contributed by atoms with van der Waals surface area (Å²) in [5, 5.41) is 0. The van der Waals surface area contributed by atoms with Crippen molar-refractivity contribution >= 4 is 29.8 Å². The van der Waals surface area contributed by atoms with Crippen molar-refractivity contribution < 1.29 is 47.7 Å². The van der Waals surface area contributed by atoms with Crippen LogP contribution in [-0.2, 0) is 47.7 Å². The number of rotatable bonds is 4. The molecule has 2 bridgehead atoms. The van der Waals surface area contributed by atoms with Crippen molar-refractivity contribution in [2.45, 2.75) is 144 Å². The van der Waals surface area contributed by atoms with Crippen LogP contribution in [0.2, 0.25) is 0 Å². The number of methoxy groups -OCH3 is 1. The van der Waals surface area contributed by atoms with Crippen LogP contribution in [0.25, 0.3) is 0 Å². The molecule has 1 spiro atoms. The smallest absolute Gasteiger partial charge is 0.316 e. The third-order valence-electron chi connectivity index (χ3n) is 15.1. The molecule has 0 aromatic rings. The van der Waals surface area contributed by atoms with Gasteiger partial charge in [0.15, 0.2) is 6.10 Å². The minimum atomic E-state index is -1.28. The molecule has 1 aliphatic heterocycles. The van der Waals surface area contributed by atoms with E-state index in [1.165, 1.54) is 27.9 Å². The average molecular weight is 659 g/mol. The predicted molar refractivity (Wildman–Crippen MR) is 168 cm³/mol. The van der Waals surface area contributed by atoms with Gasteiger partial charge in [0, 0.05) is 32.1 Å². The van der Waals surface area contributed by atoms with Crippen molar-refractivity contribution in [2.75, 3.05) is 7.11 Å². The van der Waals surface area contributed by atoms with Crippen molar-refractivity contribution in [2.24, 2.45) is 50.2 Å². The molecule has 6 aliphatic rings. The Balaban J connectivity index is 1.51. The Labute approximate surface area is 278 Å². The number of hydrogen-bond acceptors (Lipinski definition) is 10. The van der Waals surface area contributed by atoms with Crippen LogP contribution in [0.1, 0.15) is 120 Å². The van der Waals surface area contributed by atoms with E-state index in [1.54, 1.807) is 6.92 Å². The molecule has 262 valence electrons. The van der Waals surface area contributed by atoms with Crippen LogP contribution in [0, 0.1) is 50.2 Å². The van der Waals surface area contributed by atoms with E-state index in [-0.39, 0.29) is 35.1 Å². The molecule has 0 N–H and O–H groups in total. The van der Waals surface area contributed by atoms with Gasteiger partial charge in [-0.2, -0.15) is 0 Å². The second kappa shape index (κ2) is 10.4. The summed E-state index contributed by atoms with van der Waals surface area (Å²) in [6.45, 7) is 17.1. The molecule has 0 aromatic heterocycles. The zero-order chi connectivity index (χ0) is 34.8. The number of esters is 5. The Kier molecular flexibility index (Phi) is 7.59. The summed E-state index contributed by atoms with van der Waals surface area (Å²) >= 11 is 0. The van der Waals surface area contributed by atoms with Crippen LogP contribution >= 0.6 is 0 Å². The molecular weight excluding hydrogens is 604 g/mol. The first-order valence-corrected chi connectivity index (χ1v) is 17.5. The van der Waals surface area contributed by atoms with Crippen LogP contribution in [0.3, 0.4) is 0 Å². The highest BCUT2D eigenvalue weighted by Crippen LogP contribution is 2.81. The minimum absolute atomic E-state index is 0.00420. The van der Waals surface area contributed by atoms with Gasteiger partial charge in [0.05, 0.1) is 7.11 Å². The highest BCUT2D eigenvalue weighted by atomic mass is 16.6. The number of hydrogen-bond donors (Lipinski definition) is 0. The largest absolute Gasteiger partial charge is 0.468 e. The molecule has 12 atom stereocenters. The lowest BCUT2D eigenvalue weighted by molar-refractivity contribution is -0.306. The minimum Gasteiger partial charge on any atom is -0.468 e. The van der Waals surface area contributed by atoms with Gasteiger partial charge in [-0.25, -0.2) is 0 Å². The first kappa shape index (κ1) is 34.2. The first-order valence-electron chi connectivity index (χ1n) is 17.5. The molecule has 0 unspecified atom stereocenters. The zero-order valence-corrected chi connectivity index (χ0v) is 29.9. The molecule has 0 aromatic carbocycles. The molecule has 6 fully saturated rings. The summed E-state index contributed by atoms with van der Waals surface area (Å²) in [4.78, 5) is 65.7. The van der Waals surface area contributed by atoms with E-state index >= 15 is 0 Å². The molecule has 5 aliphatic carbocycles. The van der Waals surface area contributed by atoms with Gasteiger partial charge < -0.3 is 23.7 Å². The van der Waals surface area contributed by atoms with Crippen LogP contribution < -0.4 is 0 Å². The van der Waals surface area contributed by atoms with Gasteiger partial charge in [0.2, 0.25) is 0 Å². The van der Waals surface area contributed by atoms with E-state index in [4.69, 9.17) is 23.7 Å². The van der Waals surface area contributed by atoms with Crippen LogP contribution in [0.5, 0.6) is 0 Å². The maximum atomic E-state index is 14.3. The number of carbonyl (C=O) groups is 5. The average Bonchev–Trinajstić information content (AvgIpc) is 3.15. The van der Waals surface area contributed by atoms with Crippen molar-refractivity contribution in [3.8, 4) is 0 Å². The lowest BCUT2D eigenvalue weighted by atomic mass is 9.30. The summed E-state index contributed by atoms with van der Waals surface area (Å²) in [6.07, 6.45) is 3.52. The quantitative estimate of drug-likeness (QED) is 0.273. The van der Waals surface area contributed by atoms with Gasteiger partial charge >= 0.3 is 29.8 Å². The summed E-state index contributed by atoms with van der Waals surface area (Å²) < 4.78 is 30.2. The number of carbonyl (C=O) groups excluding carboxylic acids is 5. The lowest BCUT2D eigenvalue weighted by Crippen LogP contribution is -2.75. The summed E-state index contributed by atoms with van der Waals surface area (Å²) in [6, 6.07) is 0. The van der Waals surface area contributed by atoms with E-state index in [2.05, 4.69) is 34.6 Å². The molecule has 6 rings (SSSR count). The van der Waals surface area contributed by atoms with Gasteiger partial charge in [-0.15, -0.1) is 0 Å². The summed E-state index contributed by atoms with van der Waals surface area (Å²) in [5.74, 6) is -2.49. The Hall–Kier alpha value is -2.65. The highest BCUT2D eigenvalue weighted by Gasteiger charge is 2.84. The second-order valence-corrected chi connectivity index (χ2v) is 17.6. The Bertz CT molecular complexity index is 1400. The second-order valence-electron chi connectivity index (χ2n) is 17.6. The van der Waals surface area contributed by atoms with Gasteiger partial charge in [-0.05, 0) is 92.8 Å². The van der Waals surface area contributed by atoms with Crippen LogP contribution in [0.15, 0.2) is 0 Å².